The summed E-state index contributed by atoms with van der Waals surface area (Å²) in [6.45, 7) is 2.40. The molecule has 2 saturated heterocycles. The second-order valence-corrected chi connectivity index (χ2v) is 7.90. The Morgan fingerprint density at radius 1 is 1.45 bits per heavy atom. The molecule has 8 heteroatoms. The van der Waals surface area contributed by atoms with E-state index in [1.54, 1.807) is 11.0 Å². The fourth-order valence-corrected chi connectivity index (χ4v) is 4.80. The molecule has 2 heterocycles. The van der Waals surface area contributed by atoms with E-state index < -0.39 is 22.0 Å². The number of hydrogen-bond acceptors (Lipinski definition) is 4. The van der Waals surface area contributed by atoms with Crippen molar-refractivity contribution >= 4 is 33.4 Å². The average molecular weight is 349 g/mol. The minimum atomic E-state index is -3.62. The molecule has 0 aromatic heterocycles. The first-order valence-electron chi connectivity index (χ1n) is 7.39. The monoisotopic (exact) mass is 348 g/mol. The summed E-state index contributed by atoms with van der Waals surface area (Å²) in [5.74, 6) is -0.795. The predicted molar refractivity (Wildman–Crippen MR) is 83.9 cm³/mol. The number of fused-ring (bicyclic) bond motifs is 1. The molecule has 0 spiro atoms. The Bertz CT molecular complexity index is 590. The van der Waals surface area contributed by atoms with E-state index in [4.69, 9.17) is 11.6 Å². The Morgan fingerprint density at radius 3 is 2.68 bits per heavy atom. The zero-order chi connectivity index (χ0) is 16.5. The summed E-state index contributed by atoms with van der Waals surface area (Å²) in [5, 5.41) is 0. The quantitative estimate of drug-likeness (QED) is 0.548. The van der Waals surface area contributed by atoms with Crippen molar-refractivity contribution in [1.82, 2.24) is 9.21 Å². The third-order valence-corrected chi connectivity index (χ3v) is 5.60. The van der Waals surface area contributed by atoms with E-state index in [0.29, 0.717) is 19.4 Å². The molecule has 3 atom stereocenters. The lowest BCUT2D eigenvalue weighted by Crippen LogP contribution is -2.42. The van der Waals surface area contributed by atoms with Crippen LogP contribution in [0, 0.1) is 5.92 Å². The Labute approximate surface area is 136 Å². The van der Waals surface area contributed by atoms with Gasteiger partial charge in [0.05, 0.1) is 24.3 Å². The fourth-order valence-electron chi connectivity index (χ4n) is 3.53. The van der Waals surface area contributed by atoms with Gasteiger partial charge in [0, 0.05) is 18.5 Å². The lowest BCUT2D eigenvalue weighted by atomic mass is 9.94. The number of rotatable bonds is 5. The highest BCUT2D eigenvalue weighted by molar-refractivity contribution is 7.88. The second kappa shape index (κ2) is 6.58. The van der Waals surface area contributed by atoms with Crippen molar-refractivity contribution in [3.63, 3.8) is 0 Å². The number of halogens is 1. The summed E-state index contributed by atoms with van der Waals surface area (Å²) in [5.41, 5.74) is 0. The van der Waals surface area contributed by atoms with E-state index in [1.165, 1.54) is 6.08 Å². The molecule has 2 amide bonds. The number of nitrogens with zero attached hydrogens (tertiary/aromatic N) is 2. The van der Waals surface area contributed by atoms with Gasteiger partial charge in [-0.15, -0.1) is 11.6 Å². The number of alkyl halides is 1. The van der Waals surface area contributed by atoms with Crippen LogP contribution in [0.1, 0.15) is 26.2 Å². The molecule has 2 rings (SSSR count). The van der Waals surface area contributed by atoms with Crippen LogP contribution in [0.15, 0.2) is 12.2 Å². The molecule has 2 aliphatic heterocycles. The molecule has 0 radical (unpaired) electrons. The summed E-state index contributed by atoms with van der Waals surface area (Å²) < 4.78 is 24.9. The first-order chi connectivity index (χ1) is 10.3. The molecule has 2 fully saturated rings. The van der Waals surface area contributed by atoms with Crippen molar-refractivity contribution in [2.24, 2.45) is 5.92 Å². The molecule has 0 saturated carbocycles. The van der Waals surface area contributed by atoms with Gasteiger partial charge in [-0.2, -0.15) is 0 Å². The topological polar surface area (TPSA) is 74.8 Å². The van der Waals surface area contributed by atoms with E-state index in [9.17, 15) is 18.0 Å². The minimum absolute atomic E-state index is 0.211. The zero-order valence-corrected chi connectivity index (χ0v) is 14.3. The second-order valence-electron chi connectivity index (χ2n) is 5.73. The molecule has 0 aromatic rings. The molecule has 0 aliphatic carbocycles. The van der Waals surface area contributed by atoms with E-state index >= 15 is 0 Å². The van der Waals surface area contributed by atoms with Gasteiger partial charge in [0.15, 0.2) is 0 Å². The van der Waals surface area contributed by atoms with Gasteiger partial charge in [-0.3, -0.25) is 9.59 Å². The fraction of sp³-hybridized carbons (Fsp3) is 0.714. The molecule has 6 nitrogen and oxygen atoms in total. The molecule has 0 bridgehead atoms. The van der Waals surface area contributed by atoms with Gasteiger partial charge in [-0.05, 0) is 12.8 Å². The molecular weight excluding hydrogens is 328 g/mol. The van der Waals surface area contributed by atoms with E-state index in [0.717, 1.165) is 17.0 Å². The number of likely N-dealkylation sites (tertiary alicyclic amines) is 1. The van der Waals surface area contributed by atoms with E-state index in [-0.39, 0.29) is 23.7 Å². The van der Waals surface area contributed by atoms with Gasteiger partial charge in [0.25, 0.3) is 0 Å². The molecule has 0 aromatic carbocycles. The van der Waals surface area contributed by atoms with Crippen LogP contribution in [0.3, 0.4) is 0 Å². The van der Waals surface area contributed by atoms with Crippen molar-refractivity contribution < 1.29 is 18.0 Å². The van der Waals surface area contributed by atoms with Crippen LogP contribution in [0.4, 0.5) is 0 Å². The average Bonchev–Trinajstić information content (AvgIpc) is 2.95. The Morgan fingerprint density at radius 2 is 2.14 bits per heavy atom. The Hall–Kier alpha value is -1.08. The first kappa shape index (κ1) is 17.3. The molecule has 124 valence electrons. The van der Waals surface area contributed by atoms with Crippen LogP contribution < -0.4 is 0 Å². The van der Waals surface area contributed by atoms with Crippen molar-refractivity contribution in [2.45, 2.75) is 38.3 Å². The van der Waals surface area contributed by atoms with Crippen molar-refractivity contribution in [3.8, 4) is 0 Å². The van der Waals surface area contributed by atoms with Crippen LogP contribution in [0.25, 0.3) is 0 Å². The third kappa shape index (κ3) is 3.01. The standard InChI is InChI=1S/C14H21ClN2O4S/c1-3-5-10-13-11(17(14(10)19)22(2,20)21)7-9-16(13)12(18)6-4-8-15/h4,6,10-11,13H,3,5,7-9H2,1-2H3/t10-,11+,13-/m1/s1. The Balaban J connectivity index is 2.34. The van der Waals surface area contributed by atoms with E-state index in [1.807, 2.05) is 6.92 Å². The molecule has 0 unspecified atom stereocenters. The minimum Gasteiger partial charge on any atom is -0.333 e. The van der Waals surface area contributed by atoms with Gasteiger partial charge >= 0.3 is 0 Å². The number of sulfonamides is 1. The van der Waals surface area contributed by atoms with Crippen molar-refractivity contribution in [2.75, 3.05) is 18.7 Å². The zero-order valence-electron chi connectivity index (χ0n) is 12.7. The SMILES string of the molecule is CCC[C@H]1C(=O)N(S(C)(=O)=O)[C@H]2CCN(C(=O)C=CCCl)[C@H]12. The van der Waals surface area contributed by atoms with Gasteiger partial charge in [0.1, 0.15) is 0 Å². The normalized spacial score (nSPS) is 28.7. The summed E-state index contributed by atoms with van der Waals surface area (Å²) in [7, 11) is -3.62. The molecule has 0 N–H and O–H groups in total. The highest BCUT2D eigenvalue weighted by Crippen LogP contribution is 2.40. The van der Waals surface area contributed by atoms with Crippen molar-refractivity contribution in [1.29, 1.82) is 0 Å². The van der Waals surface area contributed by atoms with Gasteiger partial charge in [-0.1, -0.05) is 19.4 Å². The lowest BCUT2D eigenvalue weighted by Gasteiger charge is -2.26. The van der Waals surface area contributed by atoms with Crippen molar-refractivity contribution in [3.05, 3.63) is 12.2 Å². The first-order valence-corrected chi connectivity index (χ1v) is 9.77. The lowest BCUT2D eigenvalue weighted by molar-refractivity contribution is -0.130. The van der Waals surface area contributed by atoms with E-state index in [2.05, 4.69) is 0 Å². The van der Waals surface area contributed by atoms with Gasteiger partial charge < -0.3 is 4.90 Å². The van der Waals surface area contributed by atoms with Gasteiger partial charge in [0.2, 0.25) is 21.8 Å². The Kier molecular flexibility index (Phi) is 5.17. The van der Waals surface area contributed by atoms with Crippen LogP contribution in [-0.2, 0) is 19.6 Å². The number of hydrogen-bond donors (Lipinski definition) is 0. The van der Waals surface area contributed by atoms with Gasteiger partial charge in [-0.25, -0.2) is 12.7 Å². The predicted octanol–water partition coefficient (Wildman–Crippen LogP) is 0.969. The maximum absolute atomic E-state index is 12.5. The summed E-state index contributed by atoms with van der Waals surface area (Å²) in [6, 6.07) is -0.804. The number of amides is 2. The van der Waals surface area contributed by atoms with Crippen LogP contribution in [0.5, 0.6) is 0 Å². The van der Waals surface area contributed by atoms with Crippen LogP contribution in [0.2, 0.25) is 0 Å². The smallest absolute Gasteiger partial charge is 0.246 e. The molecule has 2 aliphatic rings. The maximum Gasteiger partial charge on any atom is 0.246 e. The largest absolute Gasteiger partial charge is 0.333 e. The molecular formula is C14H21ClN2O4S. The summed E-state index contributed by atoms with van der Waals surface area (Å²) >= 11 is 5.55. The molecule has 22 heavy (non-hydrogen) atoms. The number of carbonyl (C=O) groups is 2. The highest BCUT2D eigenvalue weighted by Gasteiger charge is 2.56. The maximum atomic E-state index is 12.5. The summed E-state index contributed by atoms with van der Waals surface area (Å²) in [4.78, 5) is 26.4. The van der Waals surface area contributed by atoms with Crippen LogP contribution in [-0.4, -0.2) is 60.2 Å². The highest BCUT2D eigenvalue weighted by atomic mass is 35.5. The summed E-state index contributed by atoms with van der Waals surface area (Å²) in [6.07, 6.45) is 5.83. The number of carbonyl (C=O) groups excluding carboxylic acids is 2. The van der Waals surface area contributed by atoms with Crippen LogP contribution >= 0.6 is 11.6 Å². The number of allylic oxidation sites excluding steroid dienone is 1. The third-order valence-electron chi connectivity index (χ3n) is 4.26.